The minimum atomic E-state index is -0.607. The second-order valence-corrected chi connectivity index (χ2v) is 15.5. The molecular formula is C33H48N2O3. The Hall–Kier alpha value is -1.91. The number of carboxylic acid groups (broad SMARTS) is 1. The molecule has 0 radical (unpaired) electrons. The second-order valence-electron chi connectivity index (χ2n) is 15.5. The smallest absolute Gasteiger partial charge is 0.310 e. The van der Waals surface area contributed by atoms with Crippen LogP contribution in [0.1, 0.15) is 110 Å². The number of nitrogens with zero attached hydrogens (tertiary/aromatic N) is 1. The third-order valence-electron chi connectivity index (χ3n) is 13.9. The lowest BCUT2D eigenvalue weighted by Crippen LogP contribution is -2.65. The third kappa shape index (κ3) is 2.97. The van der Waals surface area contributed by atoms with Gasteiger partial charge in [0.2, 0.25) is 0 Å². The van der Waals surface area contributed by atoms with Gasteiger partial charge in [-0.15, -0.1) is 0 Å². The van der Waals surface area contributed by atoms with Crippen LogP contribution in [0, 0.1) is 58.2 Å². The average molecular weight is 521 g/mol. The first-order valence-corrected chi connectivity index (χ1v) is 15.2. The van der Waals surface area contributed by atoms with Gasteiger partial charge in [0.05, 0.1) is 11.1 Å². The molecule has 0 aromatic carbocycles. The Balaban J connectivity index is 1.49. The van der Waals surface area contributed by atoms with Crippen LogP contribution in [-0.4, -0.2) is 21.0 Å². The standard InChI is InChI=1S/C33H48N2O3/c1-18-11-14-33(28(37)38)16-15-31(7)22(25(33)19(18)2)9-10-24-30(6)17-21-26(34-20(3)35-27(21)36)29(4,5)23(30)12-13-32(24,31)8/h9,18-19,23-25H,10-17H2,1-8H3,(H,37,38)(H,34,35,36)/t18-,19+,23+,24-,25+,30+,31-,32-,33+/m1/s1. The Morgan fingerprint density at radius 2 is 1.74 bits per heavy atom. The molecule has 0 saturated heterocycles. The van der Waals surface area contributed by atoms with E-state index in [0.717, 1.165) is 62.6 Å². The summed E-state index contributed by atoms with van der Waals surface area (Å²) in [7, 11) is 0. The van der Waals surface area contributed by atoms with Gasteiger partial charge in [-0.1, -0.05) is 60.1 Å². The summed E-state index contributed by atoms with van der Waals surface area (Å²) in [5.41, 5.74) is 2.70. The summed E-state index contributed by atoms with van der Waals surface area (Å²) in [6, 6.07) is 0. The number of carbonyl (C=O) groups is 1. The van der Waals surface area contributed by atoms with Crippen molar-refractivity contribution in [1.29, 1.82) is 0 Å². The Morgan fingerprint density at radius 1 is 1.03 bits per heavy atom. The fourth-order valence-corrected chi connectivity index (χ4v) is 11.5. The van der Waals surface area contributed by atoms with E-state index in [1.54, 1.807) is 0 Å². The van der Waals surface area contributed by atoms with E-state index >= 15 is 0 Å². The third-order valence-corrected chi connectivity index (χ3v) is 13.9. The summed E-state index contributed by atoms with van der Waals surface area (Å²) in [6.07, 6.45) is 10.2. The number of nitrogens with one attached hydrogen (secondary N) is 1. The number of allylic oxidation sites excluding steroid dienone is 2. The lowest BCUT2D eigenvalue weighted by molar-refractivity contribution is -0.179. The van der Waals surface area contributed by atoms with Crippen molar-refractivity contribution >= 4 is 5.97 Å². The van der Waals surface area contributed by atoms with Crippen molar-refractivity contribution in [3.8, 4) is 0 Å². The van der Waals surface area contributed by atoms with Crippen LogP contribution in [0.2, 0.25) is 0 Å². The molecule has 0 bridgehead atoms. The Morgan fingerprint density at radius 3 is 2.42 bits per heavy atom. The van der Waals surface area contributed by atoms with Crippen LogP contribution in [0.25, 0.3) is 0 Å². The summed E-state index contributed by atoms with van der Waals surface area (Å²) < 4.78 is 0. The van der Waals surface area contributed by atoms with Crippen LogP contribution < -0.4 is 5.56 Å². The monoisotopic (exact) mass is 520 g/mol. The number of H-pyrrole nitrogens is 1. The first-order valence-electron chi connectivity index (χ1n) is 15.2. The maximum Gasteiger partial charge on any atom is 0.310 e. The van der Waals surface area contributed by atoms with Crippen molar-refractivity contribution in [3.05, 3.63) is 39.1 Å². The lowest BCUT2D eigenvalue weighted by Gasteiger charge is -2.70. The van der Waals surface area contributed by atoms with Gasteiger partial charge in [0.1, 0.15) is 5.82 Å². The number of aromatic nitrogens is 2. The largest absolute Gasteiger partial charge is 0.481 e. The Kier molecular flexibility index (Phi) is 5.43. The Bertz CT molecular complexity index is 1290. The van der Waals surface area contributed by atoms with Crippen LogP contribution >= 0.6 is 0 Å². The van der Waals surface area contributed by atoms with Gasteiger partial charge in [-0.05, 0) is 104 Å². The number of fused-ring (bicyclic) bond motifs is 8. The predicted molar refractivity (Wildman–Crippen MR) is 150 cm³/mol. The minimum absolute atomic E-state index is 0.00865. The summed E-state index contributed by atoms with van der Waals surface area (Å²) in [5.74, 6) is 2.11. The number of rotatable bonds is 1. The molecule has 0 amide bonds. The Labute approximate surface area is 228 Å². The summed E-state index contributed by atoms with van der Waals surface area (Å²) >= 11 is 0. The minimum Gasteiger partial charge on any atom is -0.481 e. The van der Waals surface area contributed by atoms with E-state index in [-0.39, 0.29) is 33.1 Å². The molecule has 5 aliphatic rings. The molecule has 5 aliphatic carbocycles. The number of hydrogen-bond donors (Lipinski definition) is 2. The van der Waals surface area contributed by atoms with Gasteiger partial charge in [0, 0.05) is 11.0 Å². The molecule has 0 spiro atoms. The summed E-state index contributed by atoms with van der Waals surface area (Å²) in [4.78, 5) is 34.1. The molecule has 0 aliphatic heterocycles. The van der Waals surface area contributed by atoms with E-state index in [2.05, 4.69) is 59.5 Å². The van der Waals surface area contributed by atoms with E-state index < -0.39 is 11.4 Å². The highest BCUT2D eigenvalue weighted by molar-refractivity contribution is 5.76. The highest BCUT2D eigenvalue weighted by Gasteiger charge is 2.69. The van der Waals surface area contributed by atoms with Crippen LogP contribution in [0.5, 0.6) is 0 Å². The van der Waals surface area contributed by atoms with Crippen LogP contribution in [-0.2, 0) is 16.6 Å². The van der Waals surface area contributed by atoms with Gasteiger partial charge in [-0.3, -0.25) is 9.59 Å². The number of aromatic amines is 1. The first-order chi connectivity index (χ1) is 17.6. The van der Waals surface area contributed by atoms with Crippen molar-refractivity contribution in [1.82, 2.24) is 9.97 Å². The van der Waals surface area contributed by atoms with Gasteiger partial charge in [0.15, 0.2) is 0 Å². The molecule has 6 rings (SSSR count). The zero-order valence-electron chi connectivity index (χ0n) is 24.8. The van der Waals surface area contributed by atoms with Gasteiger partial charge >= 0.3 is 5.97 Å². The van der Waals surface area contributed by atoms with Gasteiger partial charge in [-0.2, -0.15) is 0 Å². The molecule has 0 unspecified atom stereocenters. The topological polar surface area (TPSA) is 83.0 Å². The molecule has 5 heteroatoms. The molecule has 1 heterocycles. The van der Waals surface area contributed by atoms with Crippen molar-refractivity contribution < 1.29 is 9.90 Å². The molecule has 1 aromatic heterocycles. The van der Waals surface area contributed by atoms with E-state index in [0.29, 0.717) is 29.5 Å². The van der Waals surface area contributed by atoms with Crippen LogP contribution in [0.4, 0.5) is 0 Å². The van der Waals surface area contributed by atoms with Crippen LogP contribution in [0.15, 0.2) is 16.4 Å². The molecule has 38 heavy (non-hydrogen) atoms. The van der Waals surface area contributed by atoms with Crippen molar-refractivity contribution in [3.63, 3.8) is 0 Å². The maximum absolute atomic E-state index is 13.3. The van der Waals surface area contributed by atoms with Crippen molar-refractivity contribution in [2.75, 3.05) is 0 Å². The lowest BCUT2D eigenvalue weighted by atomic mass is 9.33. The predicted octanol–water partition coefficient (Wildman–Crippen LogP) is 6.83. The average Bonchev–Trinajstić information content (AvgIpc) is 2.82. The first kappa shape index (κ1) is 26.3. The van der Waals surface area contributed by atoms with Gasteiger partial charge in [0.25, 0.3) is 5.56 Å². The highest BCUT2D eigenvalue weighted by Crippen LogP contribution is 2.75. The second kappa shape index (κ2) is 7.85. The molecule has 2 N–H and O–H groups in total. The molecule has 9 atom stereocenters. The quantitative estimate of drug-likeness (QED) is 0.397. The van der Waals surface area contributed by atoms with E-state index in [9.17, 15) is 14.7 Å². The summed E-state index contributed by atoms with van der Waals surface area (Å²) in [5, 5.41) is 10.6. The molecular weight excluding hydrogens is 472 g/mol. The number of aliphatic carboxylic acids is 1. The van der Waals surface area contributed by atoms with Crippen molar-refractivity contribution in [2.45, 2.75) is 112 Å². The molecule has 5 nitrogen and oxygen atoms in total. The number of carboxylic acids is 1. The van der Waals surface area contributed by atoms with Crippen LogP contribution in [0.3, 0.4) is 0 Å². The molecule has 3 fully saturated rings. The molecule has 3 saturated carbocycles. The highest BCUT2D eigenvalue weighted by atomic mass is 16.4. The molecule has 1 aromatic rings. The zero-order chi connectivity index (χ0) is 27.6. The van der Waals surface area contributed by atoms with E-state index in [4.69, 9.17) is 4.98 Å². The SMILES string of the molecule is Cc1nc2c(c(=O)[nH]1)C[C@]1(C)[C@H]3CC=C4[C@@H]5[C@@H](C)[C@H](C)CC[C@]5(C(=O)O)CC[C@@]4(C)[C@]3(C)CC[C@H]1C2(C)C. The van der Waals surface area contributed by atoms with Gasteiger partial charge in [-0.25, -0.2) is 4.98 Å². The molecule has 208 valence electrons. The zero-order valence-corrected chi connectivity index (χ0v) is 24.8. The fraction of sp³-hybridized carbons (Fsp3) is 0.788. The number of hydrogen-bond acceptors (Lipinski definition) is 3. The number of aryl methyl sites for hydroxylation is 1. The van der Waals surface area contributed by atoms with E-state index in [1.807, 2.05) is 6.92 Å². The normalized spacial score (nSPS) is 46.9. The van der Waals surface area contributed by atoms with Gasteiger partial charge < -0.3 is 10.1 Å². The van der Waals surface area contributed by atoms with Crippen molar-refractivity contribution in [2.24, 2.45) is 51.2 Å². The fourth-order valence-electron chi connectivity index (χ4n) is 11.5. The maximum atomic E-state index is 13.3. The summed E-state index contributed by atoms with van der Waals surface area (Å²) in [6.45, 7) is 18.7. The van der Waals surface area contributed by atoms with E-state index in [1.165, 1.54) is 5.57 Å².